The van der Waals surface area contributed by atoms with Crippen LogP contribution < -0.4 is 0 Å². The summed E-state index contributed by atoms with van der Waals surface area (Å²) in [6.07, 6.45) is 15.8. The van der Waals surface area contributed by atoms with Crippen molar-refractivity contribution in [1.29, 1.82) is 0 Å². The summed E-state index contributed by atoms with van der Waals surface area (Å²) in [6.45, 7) is 12.4. The van der Waals surface area contributed by atoms with Crippen LogP contribution >= 0.6 is 6.75 Å². The molecule has 0 aliphatic carbocycles. The second kappa shape index (κ2) is 13.6. The van der Waals surface area contributed by atoms with E-state index in [1.807, 2.05) is 0 Å². The second-order valence-corrected chi connectivity index (χ2v) is 16.8. The van der Waals surface area contributed by atoms with Gasteiger partial charge in [-0.15, -0.1) is 0 Å². The normalized spacial score (nSPS) is 14.5. The summed E-state index contributed by atoms with van der Waals surface area (Å²) in [5.41, 5.74) is 0. The third kappa shape index (κ3) is 8.98. The van der Waals surface area contributed by atoms with Gasteiger partial charge in [0.15, 0.2) is 0 Å². The van der Waals surface area contributed by atoms with Gasteiger partial charge < -0.3 is 0 Å². The number of hydrogen-bond donors (Lipinski definition) is 1. The molecule has 0 atom stereocenters. The third-order valence-corrected chi connectivity index (χ3v) is 15.2. The Bertz CT molecular complexity index is 464. The molecular weight excluding hydrogens is 389 g/mol. The Labute approximate surface area is 177 Å². The quantitative estimate of drug-likeness (QED) is 0.192. The van der Waals surface area contributed by atoms with Gasteiger partial charge in [-0.2, -0.15) is 0 Å². The van der Waals surface area contributed by atoms with Crippen molar-refractivity contribution in [3.63, 3.8) is 0 Å². The molecule has 1 N–H and O–H groups in total. The predicted molar refractivity (Wildman–Crippen MR) is 129 cm³/mol. The van der Waals surface area contributed by atoms with Crippen LogP contribution in [0.4, 0.5) is 0 Å². The molecule has 0 bridgehead atoms. The monoisotopic (exact) mass is 439 g/mol. The van der Waals surface area contributed by atoms with Crippen LogP contribution in [0.1, 0.15) is 99.3 Å². The summed E-state index contributed by atoms with van der Waals surface area (Å²) in [4.78, 5) is 0. The summed E-state index contributed by atoms with van der Waals surface area (Å²) in [5, 5.41) is 0. The Morgan fingerprint density at radius 1 is 0.750 bits per heavy atom. The average Bonchev–Trinajstić information content (AvgIpc) is 2.64. The van der Waals surface area contributed by atoms with Gasteiger partial charge in [0.1, 0.15) is 0 Å². The van der Waals surface area contributed by atoms with E-state index in [-0.39, 0.29) is 5.75 Å². The van der Waals surface area contributed by atoms with Crippen LogP contribution in [-0.2, 0) is 10.1 Å². The molecule has 0 aliphatic heterocycles. The first-order chi connectivity index (χ1) is 13.1. The Hall–Kier alpha value is 0.300. The molecule has 0 heterocycles. The average molecular weight is 440 g/mol. The summed E-state index contributed by atoms with van der Waals surface area (Å²) >= 11 is 0. The fraction of sp³-hybridized carbons (Fsp3) is 1.00. The first-order valence-corrected chi connectivity index (χ1v) is 16.4. The molecule has 0 saturated heterocycles. The molecule has 0 saturated carbocycles. The van der Waals surface area contributed by atoms with Gasteiger partial charge >= 0.3 is 177 Å². The molecule has 0 aromatic carbocycles. The van der Waals surface area contributed by atoms with Gasteiger partial charge in [0.05, 0.1) is 0 Å². The van der Waals surface area contributed by atoms with Gasteiger partial charge in [0, 0.05) is 0 Å². The SMILES string of the molecule is CCCCP(CCCC)(CCCC)(CCCC)N(CCCS(=O)(=O)O)C(C)C. The van der Waals surface area contributed by atoms with Crippen LogP contribution in [0.25, 0.3) is 0 Å². The summed E-state index contributed by atoms with van der Waals surface area (Å²) in [7, 11) is -3.89. The maximum absolute atomic E-state index is 11.3. The molecule has 6 heteroatoms. The standard InChI is InChI=1S/C22H50NO3PS/c1-7-11-17-27(18-12-8-2,19-13-9-3,20-14-10-4)23(22(5)6)16-15-21-28(24,25)26/h22H,7-21H2,1-6H3,(H,24,25,26). The van der Waals surface area contributed by atoms with Crippen molar-refractivity contribution in [3.8, 4) is 0 Å². The first kappa shape index (κ1) is 28.3. The molecule has 0 rings (SSSR count). The first-order valence-electron chi connectivity index (χ1n) is 11.8. The van der Waals surface area contributed by atoms with Crippen LogP contribution in [0.3, 0.4) is 0 Å². The van der Waals surface area contributed by atoms with Crippen molar-refractivity contribution in [2.24, 2.45) is 0 Å². The van der Waals surface area contributed by atoms with E-state index in [4.69, 9.17) is 0 Å². The van der Waals surface area contributed by atoms with Gasteiger partial charge in [-0.3, -0.25) is 0 Å². The molecule has 0 radical (unpaired) electrons. The van der Waals surface area contributed by atoms with Crippen molar-refractivity contribution in [2.45, 2.75) is 105 Å². The Balaban J connectivity index is 6.18. The van der Waals surface area contributed by atoms with E-state index >= 15 is 0 Å². The van der Waals surface area contributed by atoms with Crippen molar-refractivity contribution < 1.29 is 13.0 Å². The topological polar surface area (TPSA) is 57.6 Å². The fourth-order valence-corrected chi connectivity index (χ4v) is 14.4. The van der Waals surface area contributed by atoms with Crippen molar-refractivity contribution in [1.82, 2.24) is 4.67 Å². The molecule has 0 aromatic rings. The van der Waals surface area contributed by atoms with Crippen molar-refractivity contribution in [2.75, 3.05) is 36.9 Å². The van der Waals surface area contributed by atoms with E-state index in [1.165, 1.54) is 76.0 Å². The molecule has 0 amide bonds. The predicted octanol–water partition coefficient (Wildman–Crippen LogP) is 6.64. The van der Waals surface area contributed by atoms with E-state index in [0.29, 0.717) is 12.5 Å². The number of rotatable bonds is 18. The van der Waals surface area contributed by atoms with Crippen LogP contribution in [0.15, 0.2) is 0 Å². The summed E-state index contributed by atoms with van der Waals surface area (Å²) < 4.78 is 34.8. The van der Waals surface area contributed by atoms with Gasteiger partial charge in [-0.25, -0.2) is 0 Å². The molecule has 0 aliphatic rings. The number of nitrogens with zero attached hydrogens (tertiary/aromatic N) is 1. The Morgan fingerprint density at radius 3 is 1.36 bits per heavy atom. The van der Waals surface area contributed by atoms with E-state index < -0.39 is 16.9 Å². The Kier molecular flexibility index (Phi) is 13.7. The molecule has 0 aromatic heterocycles. The van der Waals surface area contributed by atoms with E-state index in [0.717, 1.165) is 6.54 Å². The van der Waals surface area contributed by atoms with Gasteiger partial charge in [0.25, 0.3) is 0 Å². The van der Waals surface area contributed by atoms with Crippen molar-refractivity contribution in [3.05, 3.63) is 0 Å². The second-order valence-electron chi connectivity index (χ2n) is 9.11. The van der Waals surface area contributed by atoms with Crippen LogP contribution in [0.2, 0.25) is 0 Å². The minimum atomic E-state index is -3.89. The summed E-state index contributed by atoms with van der Waals surface area (Å²) in [6, 6.07) is 0.418. The van der Waals surface area contributed by atoms with E-state index in [1.54, 1.807) is 0 Å². The number of hydrogen-bond acceptors (Lipinski definition) is 3. The fourth-order valence-electron chi connectivity index (χ4n) is 5.04. The van der Waals surface area contributed by atoms with Crippen LogP contribution in [0, 0.1) is 0 Å². The van der Waals surface area contributed by atoms with E-state index in [2.05, 4.69) is 46.2 Å². The molecule has 0 spiro atoms. The van der Waals surface area contributed by atoms with Gasteiger partial charge in [-0.1, -0.05) is 0 Å². The molecule has 0 fully saturated rings. The molecular formula is C22H50NO3PS. The third-order valence-electron chi connectivity index (χ3n) is 6.46. The number of unbranched alkanes of at least 4 members (excludes halogenated alkanes) is 4. The zero-order chi connectivity index (χ0) is 21.7. The Morgan fingerprint density at radius 2 is 1.11 bits per heavy atom. The molecule has 28 heavy (non-hydrogen) atoms. The van der Waals surface area contributed by atoms with Crippen LogP contribution in [0.5, 0.6) is 0 Å². The zero-order valence-corrected chi connectivity index (χ0v) is 21.5. The molecule has 4 nitrogen and oxygen atoms in total. The van der Waals surface area contributed by atoms with Crippen LogP contribution in [-0.4, -0.2) is 60.6 Å². The summed E-state index contributed by atoms with van der Waals surface area (Å²) in [5.74, 6) is -0.119. The van der Waals surface area contributed by atoms with E-state index in [9.17, 15) is 13.0 Å². The van der Waals surface area contributed by atoms with Gasteiger partial charge in [0.2, 0.25) is 0 Å². The minimum absolute atomic E-state index is 0.119. The maximum atomic E-state index is 11.3. The molecule has 0 unspecified atom stereocenters. The van der Waals surface area contributed by atoms with Gasteiger partial charge in [-0.05, 0) is 0 Å². The van der Waals surface area contributed by atoms with Crippen molar-refractivity contribution >= 4 is 16.9 Å². The zero-order valence-electron chi connectivity index (χ0n) is 19.8. The molecule has 172 valence electrons.